The van der Waals surface area contributed by atoms with Gasteiger partial charge in [-0.1, -0.05) is 35.9 Å². The van der Waals surface area contributed by atoms with E-state index in [2.05, 4.69) is 4.99 Å². The fourth-order valence-electron chi connectivity index (χ4n) is 4.42. The summed E-state index contributed by atoms with van der Waals surface area (Å²) < 4.78 is 11.2. The normalized spacial score (nSPS) is 20.5. The smallest absolute Gasteiger partial charge is 0.315 e. The number of halogens is 1. The van der Waals surface area contributed by atoms with Crippen molar-refractivity contribution in [1.82, 2.24) is 0 Å². The van der Waals surface area contributed by atoms with Gasteiger partial charge in [0.1, 0.15) is 18.3 Å². The number of ether oxygens (including phenoxy) is 2. The summed E-state index contributed by atoms with van der Waals surface area (Å²) in [6.07, 6.45) is 2.04. The Kier molecular flexibility index (Phi) is 6.75. The van der Waals surface area contributed by atoms with Gasteiger partial charge in [0.25, 0.3) is 0 Å². The zero-order valence-corrected chi connectivity index (χ0v) is 19.0. The van der Waals surface area contributed by atoms with Crippen molar-refractivity contribution in [3.8, 4) is 5.75 Å². The van der Waals surface area contributed by atoms with E-state index in [9.17, 15) is 9.59 Å². The van der Waals surface area contributed by atoms with Crippen molar-refractivity contribution in [2.24, 2.45) is 10.9 Å². The highest BCUT2D eigenvalue weighted by molar-refractivity contribution is 6.30. The van der Waals surface area contributed by atoms with Gasteiger partial charge in [-0.05, 0) is 62.1 Å². The maximum absolute atomic E-state index is 12.9. The number of aliphatic imine (C=N–C) groups is 1. The molecule has 0 bridgehead atoms. The fraction of sp³-hybridized carbons (Fsp3) is 0.346. The predicted octanol–water partition coefficient (Wildman–Crippen LogP) is 5.66. The van der Waals surface area contributed by atoms with Gasteiger partial charge < -0.3 is 9.47 Å². The third-order valence-electron chi connectivity index (χ3n) is 5.93. The predicted molar refractivity (Wildman–Crippen MR) is 124 cm³/mol. The molecule has 1 aliphatic heterocycles. The Morgan fingerprint density at radius 2 is 1.81 bits per heavy atom. The average Bonchev–Trinajstić information content (AvgIpc) is 2.78. The van der Waals surface area contributed by atoms with Crippen LogP contribution >= 0.6 is 11.6 Å². The number of rotatable bonds is 6. The Morgan fingerprint density at radius 3 is 2.50 bits per heavy atom. The minimum Gasteiger partial charge on any atom is -0.489 e. The molecule has 1 unspecified atom stereocenters. The number of benzene rings is 2. The summed E-state index contributed by atoms with van der Waals surface area (Å²) in [7, 11) is 0. The molecule has 0 aromatic heterocycles. The van der Waals surface area contributed by atoms with E-state index < -0.39 is 5.92 Å². The molecule has 4 rings (SSSR count). The largest absolute Gasteiger partial charge is 0.489 e. The van der Waals surface area contributed by atoms with Gasteiger partial charge in [-0.15, -0.1) is 0 Å². The first-order valence-electron chi connectivity index (χ1n) is 10.9. The SMILES string of the molecule is CCOC(=O)C1C(C)=NC2=C(C(=O)CCC2)[C@@H]1c1ccc(OCc2ccc(Cl)cc2)cc1. The van der Waals surface area contributed by atoms with E-state index in [-0.39, 0.29) is 24.3 Å². The Hall–Kier alpha value is -2.92. The molecule has 2 aliphatic rings. The van der Waals surface area contributed by atoms with Crippen molar-refractivity contribution in [3.63, 3.8) is 0 Å². The molecule has 5 nitrogen and oxygen atoms in total. The number of hydrogen-bond acceptors (Lipinski definition) is 5. The quantitative estimate of drug-likeness (QED) is 0.531. The number of hydrogen-bond donors (Lipinski definition) is 0. The van der Waals surface area contributed by atoms with Crippen LogP contribution in [0.4, 0.5) is 0 Å². The van der Waals surface area contributed by atoms with Gasteiger partial charge in [-0.25, -0.2) is 0 Å². The second-order valence-electron chi connectivity index (χ2n) is 8.08. The summed E-state index contributed by atoms with van der Waals surface area (Å²) >= 11 is 5.93. The molecule has 1 aliphatic carbocycles. The summed E-state index contributed by atoms with van der Waals surface area (Å²) in [6, 6.07) is 15.1. The lowest BCUT2D eigenvalue weighted by Gasteiger charge is -2.34. The average molecular weight is 452 g/mol. The van der Waals surface area contributed by atoms with Crippen LogP contribution in [0.3, 0.4) is 0 Å². The monoisotopic (exact) mass is 451 g/mol. The van der Waals surface area contributed by atoms with E-state index in [0.717, 1.165) is 29.7 Å². The molecule has 0 radical (unpaired) electrons. The summed E-state index contributed by atoms with van der Waals surface area (Å²) in [5.74, 6) is -0.547. The molecule has 32 heavy (non-hydrogen) atoms. The minimum atomic E-state index is -0.600. The van der Waals surface area contributed by atoms with Crippen LogP contribution in [0.15, 0.2) is 64.8 Å². The molecule has 166 valence electrons. The zero-order chi connectivity index (χ0) is 22.7. The molecule has 0 spiro atoms. The minimum absolute atomic E-state index is 0.0739. The molecule has 0 amide bonds. The first-order chi connectivity index (χ1) is 15.5. The van der Waals surface area contributed by atoms with Crippen molar-refractivity contribution < 1.29 is 19.1 Å². The van der Waals surface area contributed by atoms with Gasteiger partial charge in [0, 0.05) is 34.3 Å². The van der Waals surface area contributed by atoms with E-state index in [0.29, 0.717) is 35.1 Å². The second-order valence-corrected chi connectivity index (χ2v) is 8.52. The molecular weight excluding hydrogens is 426 g/mol. The number of Topliss-reactive ketones (excluding diaryl/α,β-unsaturated/α-hetero) is 1. The first-order valence-corrected chi connectivity index (χ1v) is 11.3. The third kappa shape index (κ3) is 4.63. The molecule has 1 heterocycles. The molecule has 2 atom stereocenters. The number of nitrogens with zero attached hydrogens (tertiary/aromatic N) is 1. The maximum atomic E-state index is 12.9. The lowest BCUT2D eigenvalue weighted by molar-refractivity contribution is -0.146. The Morgan fingerprint density at radius 1 is 1.09 bits per heavy atom. The molecule has 0 saturated heterocycles. The Balaban J connectivity index is 1.61. The summed E-state index contributed by atoms with van der Waals surface area (Å²) in [4.78, 5) is 30.4. The van der Waals surface area contributed by atoms with Crippen LogP contribution in [0.5, 0.6) is 5.75 Å². The highest BCUT2D eigenvalue weighted by Gasteiger charge is 2.43. The molecular formula is C26H26ClNO4. The standard InChI is InChI=1S/C26H26ClNO4/c1-3-31-26(30)23-16(2)28-21-5-4-6-22(29)25(21)24(23)18-9-13-20(14-10-18)32-15-17-7-11-19(27)12-8-17/h7-14,23-24H,3-6,15H2,1-2H3/t23?,24-/m1/s1. The zero-order valence-electron chi connectivity index (χ0n) is 18.3. The van der Waals surface area contributed by atoms with Crippen LogP contribution in [-0.4, -0.2) is 24.1 Å². The van der Waals surface area contributed by atoms with Crippen LogP contribution in [-0.2, 0) is 20.9 Å². The van der Waals surface area contributed by atoms with E-state index >= 15 is 0 Å². The lowest BCUT2D eigenvalue weighted by Crippen LogP contribution is -2.37. The molecule has 0 saturated carbocycles. The van der Waals surface area contributed by atoms with Crippen molar-refractivity contribution in [2.45, 2.75) is 45.6 Å². The highest BCUT2D eigenvalue weighted by atomic mass is 35.5. The van der Waals surface area contributed by atoms with Gasteiger partial charge in [0.15, 0.2) is 5.78 Å². The van der Waals surface area contributed by atoms with Crippen LogP contribution in [0.25, 0.3) is 0 Å². The molecule has 6 heteroatoms. The van der Waals surface area contributed by atoms with Crippen molar-refractivity contribution in [2.75, 3.05) is 6.61 Å². The number of carbonyl (C=O) groups excluding carboxylic acids is 2. The topological polar surface area (TPSA) is 65.0 Å². The summed E-state index contributed by atoms with van der Waals surface area (Å²) in [5, 5.41) is 0.687. The van der Waals surface area contributed by atoms with Gasteiger partial charge in [-0.2, -0.15) is 0 Å². The maximum Gasteiger partial charge on any atom is 0.315 e. The molecule has 0 N–H and O–H groups in total. The van der Waals surface area contributed by atoms with Crippen molar-refractivity contribution in [3.05, 3.63) is 76.0 Å². The molecule has 2 aromatic rings. The van der Waals surface area contributed by atoms with E-state index in [4.69, 9.17) is 21.1 Å². The van der Waals surface area contributed by atoms with Gasteiger partial charge >= 0.3 is 5.97 Å². The Labute approximate surface area is 193 Å². The number of esters is 1. The number of ketones is 1. The lowest BCUT2D eigenvalue weighted by atomic mass is 9.72. The van der Waals surface area contributed by atoms with Gasteiger partial charge in [0.2, 0.25) is 0 Å². The van der Waals surface area contributed by atoms with Crippen LogP contribution in [0.2, 0.25) is 5.02 Å². The first kappa shape index (κ1) is 22.3. The third-order valence-corrected chi connectivity index (χ3v) is 6.18. The van der Waals surface area contributed by atoms with Crippen molar-refractivity contribution in [1.29, 1.82) is 0 Å². The van der Waals surface area contributed by atoms with Gasteiger partial charge in [0.05, 0.1) is 6.61 Å². The number of carbonyl (C=O) groups is 2. The van der Waals surface area contributed by atoms with E-state index in [1.54, 1.807) is 6.92 Å². The van der Waals surface area contributed by atoms with Crippen LogP contribution in [0.1, 0.15) is 50.2 Å². The fourth-order valence-corrected chi connectivity index (χ4v) is 4.55. The van der Waals surface area contributed by atoms with Crippen LogP contribution in [0, 0.1) is 5.92 Å². The molecule has 0 fully saturated rings. The van der Waals surface area contributed by atoms with Crippen molar-refractivity contribution >= 4 is 29.1 Å². The van der Waals surface area contributed by atoms with E-state index in [1.807, 2.05) is 55.5 Å². The van der Waals surface area contributed by atoms with Gasteiger partial charge in [-0.3, -0.25) is 14.6 Å². The Bertz CT molecular complexity index is 1070. The summed E-state index contributed by atoms with van der Waals surface area (Å²) in [5.41, 5.74) is 4.08. The van der Waals surface area contributed by atoms with Crippen LogP contribution < -0.4 is 4.74 Å². The summed E-state index contributed by atoms with van der Waals surface area (Å²) in [6.45, 7) is 4.34. The second kappa shape index (κ2) is 9.70. The van der Waals surface area contributed by atoms with E-state index in [1.165, 1.54) is 0 Å². The highest BCUT2D eigenvalue weighted by Crippen LogP contribution is 2.43. The molecule has 2 aromatic carbocycles. The number of allylic oxidation sites excluding steroid dienone is 2.